The lowest BCUT2D eigenvalue weighted by atomic mass is 10.1. The minimum atomic E-state index is -0.967. The second-order valence-corrected chi connectivity index (χ2v) is 6.01. The summed E-state index contributed by atoms with van der Waals surface area (Å²) in [5, 5.41) is 8.10. The molecule has 0 aliphatic carbocycles. The molecule has 0 fully saturated rings. The molecule has 1 heterocycles. The zero-order chi connectivity index (χ0) is 19.4. The number of amides is 1. The van der Waals surface area contributed by atoms with Crippen molar-refractivity contribution >= 4 is 28.5 Å². The maximum absolute atomic E-state index is 12.7. The highest BCUT2D eigenvalue weighted by Crippen LogP contribution is 2.27. The van der Waals surface area contributed by atoms with Crippen molar-refractivity contribution in [3.63, 3.8) is 0 Å². The van der Waals surface area contributed by atoms with Crippen LogP contribution in [0.4, 0.5) is 5.82 Å². The van der Waals surface area contributed by atoms with E-state index in [-0.39, 0.29) is 11.4 Å². The molecule has 140 valence electrons. The second-order valence-electron chi connectivity index (χ2n) is 6.01. The van der Waals surface area contributed by atoms with Gasteiger partial charge in [-0.25, -0.2) is 4.79 Å². The van der Waals surface area contributed by atoms with E-state index >= 15 is 0 Å². The Morgan fingerprint density at radius 3 is 2.48 bits per heavy atom. The Hall–Kier alpha value is -3.35. The third-order valence-electron chi connectivity index (χ3n) is 4.08. The molecule has 0 saturated carbocycles. The van der Waals surface area contributed by atoms with Crippen LogP contribution in [-0.2, 0) is 9.53 Å². The highest BCUT2D eigenvalue weighted by molar-refractivity contribution is 6.01. The predicted molar refractivity (Wildman–Crippen MR) is 99.9 cm³/mol. The number of carbonyl (C=O) groups is 2. The molecule has 3 aromatic rings. The highest BCUT2D eigenvalue weighted by Gasteiger charge is 2.25. The van der Waals surface area contributed by atoms with Crippen LogP contribution >= 0.6 is 0 Å². The first-order valence-electron chi connectivity index (χ1n) is 8.53. The Bertz CT molecular complexity index is 979. The van der Waals surface area contributed by atoms with Gasteiger partial charge in [-0.05, 0) is 36.2 Å². The van der Waals surface area contributed by atoms with E-state index in [0.717, 1.165) is 10.8 Å². The number of fused-ring (bicyclic) bond motifs is 1. The zero-order valence-corrected chi connectivity index (χ0v) is 15.3. The quantitative estimate of drug-likeness (QED) is 0.667. The van der Waals surface area contributed by atoms with Crippen LogP contribution in [0.2, 0.25) is 0 Å². The van der Waals surface area contributed by atoms with Gasteiger partial charge in [-0.1, -0.05) is 36.3 Å². The van der Waals surface area contributed by atoms with Crippen LogP contribution in [0.1, 0.15) is 29.5 Å². The summed E-state index contributed by atoms with van der Waals surface area (Å²) < 4.78 is 15.7. The smallest absolute Gasteiger partial charge is 0.342 e. The van der Waals surface area contributed by atoms with Gasteiger partial charge in [0.2, 0.25) is 0 Å². The number of aromatic nitrogens is 1. The van der Waals surface area contributed by atoms with Crippen LogP contribution in [0.15, 0.2) is 47.0 Å². The van der Waals surface area contributed by atoms with Crippen LogP contribution < -0.4 is 10.1 Å². The molecule has 0 aliphatic heterocycles. The number of anilines is 1. The van der Waals surface area contributed by atoms with Gasteiger partial charge < -0.3 is 19.3 Å². The van der Waals surface area contributed by atoms with E-state index in [0.29, 0.717) is 17.9 Å². The van der Waals surface area contributed by atoms with Crippen molar-refractivity contribution in [3.05, 3.63) is 53.8 Å². The number of methoxy groups -OCH3 is 1. The lowest BCUT2D eigenvalue weighted by Gasteiger charge is -2.16. The third-order valence-corrected chi connectivity index (χ3v) is 4.08. The molecule has 0 saturated heterocycles. The monoisotopic (exact) mass is 368 g/mol. The molecule has 0 unspecified atom stereocenters. The minimum Gasteiger partial charge on any atom is -0.496 e. The average Bonchev–Trinajstić information content (AvgIpc) is 3.09. The van der Waals surface area contributed by atoms with E-state index in [1.807, 2.05) is 24.3 Å². The van der Waals surface area contributed by atoms with E-state index in [4.69, 9.17) is 14.0 Å². The molecule has 3 rings (SSSR count). The van der Waals surface area contributed by atoms with Gasteiger partial charge in [-0.15, -0.1) is 0 Å². The Morgan fingerprint density at radius 1 is 1.19 bits per heavy atom. The molecule has 2 aromatic carbocycles. The van der Waals surface area contributed by atoms with Gasteiger partial charge in [0.15, 0.2) is 11.9 Å². The molecule has 0 spiro atoms. The molecule has 1 N–H and O–H groups in total. The summed E-state index contributed by atoms with van der Waals surface area (Å²) in [6, 6.07) is 12.7. The summed E-state index contributed by atoms with van der Waals surface area (Å²) in [4.78, 5) is 25.1. The number of nitrogens with one attached hydrogen (secondary N) is 1. The second kappa shape index (κ2) is 7.90. The van der Waals surface area contributed by atoms with Crippen LogP contribution in [-0.4, -0.2) is 30.2 Å². The standard InChI is InChI=1S/C20H20N2O5/c1-4-16(19(23)21-18-9-12(2)27-22-18)26-20(24)15-10-13-7-5-6-8-14(13)11-17(15)25-3/h5-11,16H,4H2,1-3H3,(H,21,22,23)/t16-/m0/s1. The fourth-order valence-electron chi connectivity index (χ4n) is 2.69. The van der Waals surface area contributed by atoms with Crippen molar-refractivity contribution in [3.8, 4) is 5.75 Å². The largest absolute Gasteiger partial charge is 0.496 e. The van der Waals surface area contributed by atoms with E-state index in [9.17, 15) is 9.59 Å². The molecule has 1 amide bonds. The summed E-state index contributed by atoms with van der Waals surface area (Å²) in [7, 11) is 1.48. The van der Waals surface area contributed by atoms with E-state index < -0.39 is 18.0 Å². The van der Waals surface area contributed by atoms with Gasteiger partial charge in [0.25, 0.3) is 5.91 Å². The Balaban J connectivity index is 1.80. The van der Waals surface area contributed by atoms with Crippen molar-refractivity contribution in [2.45, 2.75) is 26.4 Å². The first-order chi connectivity index (χ1) is 13.0. The molecular formula is C20H20N2O5. The van der Waals surface area contributed by atoms with Gasteiger partial charge >= 0.3 is 5.97 Å². The lowest BCUT2D eigenvalue weighted by molar-refractivity contribution is -0.124. The minimum absolute atomic E-state index is 0.264. The van der Waals surface area contributed by atoms with E-state index in [1.54, 1.807) is 32.0 Å². The summed E-state index contributed by atoms with van der Waals surface area (Å²) in [5.41, 5.74) is 0.264. The Morgan fingerprint density at radius 2 is 1.89 bits per heavy atom. The number of esters is 1. The summed E-state index contributed by atoms with van der Waals surface area (Å²) in [5.74, 6) is 0.127. The van der Waals surface area contributed by atoms with Crippen molar-refractivity contribution < 1.29 is 23.6 Å². The number of benzene rings is 2. The SMILES string of the molecule is CC[C@H](OC(=O)c1cc2ccccc2cc1OC)C(=O)Nc1cc(C)on1. The molecule has 1 aromatic heterocycles. The Kier molecular flexibility index (Phi) is 5.40. The first-order valence-corrected chi connectivity index (χ1v) is 8.53. The fraction of sp³-hybridized carbons (Fsp3) is 0.250. The molecule has 0 aliphatic rings. The van der Waals surface area contributed by atoms with Crippen molar-refractivity contribution in [1.82, 2.24) is 5.16 Å². The highest BCUT2D eigenvalue weighted by atomic mass is 16.5. The van der Waals surface area contributed by atoms with Gasteiger partial charge in [0.05, 0.1) is 7.11 Å². The maximum atomic E-state index is 12.7. The number of carbonyl (C=O) groups excluding carboxylic acids is 2. The number of nitrogens with zero attached hydrogens (tertiary/aromatic N) is 1. The van der Waals surface area contributed by atoms with Gasteiger partial charge in [0, 0.05) is 6.07 Å². The molecule has 0 radical (unpaired) electrons. The first kappa shape index (κ1) is 18.4. The topological polar surface area (TPSA) is 90.7 Å². The normalized spacial score (nSPS) is 11.8. The van der Waals surface area contributed by atoms with Crippen LogP contribution in [0, 0.1) is 6.92 Å². The predicted octanol–water partition coefficient (Wildman–Crippen LogP) is 3.72. The molecule has 27 heavy (non-hydrogen) atoms. The number of hydrogen-bond acceptors (Lipinski definition) is 6. The van der Waals surface area contributed by atoms with Crippen LogP contribution in [0.5, 0.6) is 5.75 Å². The van der Waals surface area contributed by atoms with Gasteiger partial charge in [0.1, 0.15) is 17.1 Å². The summed E-state index contributed by atoms with van der Waals surface area (Å²) in [6.45, 7) is 3.47. The van der Waals surface area contributed by atoms with Crippen molar-refractivity contribution in [2.24, 2.45) is 0 Å². The Labute approximate surface area is 156 Å². The fourth-order valence-corrected chi connectivity index (χ4v) is 2.69. The molecule has 1 atom stereocenters. The molecule has 7 nitrogen and oxygen atoms in total. The number of ether oxygens (including phenoxy) is 2. The van der Waals surface area contributed by atoms with E-state index in [2.05, 4.69) is 10.5 Å². The summed E-state index contributed by atoms with van der Waals surface area (Å²) in [6.07, 6.45) is -0.657. The number of rotatable bonds is 6. The number of hydrogen-bond donors (Lipinski definition) is 1. The van der Waals surface area contributed by atoms with Crippen molar-refractivity contribution in [1.29, 1.82) is 0 Å². The van der Waals surface area contributed by atoms with Crippen molar-refractivity contribution in [2.75, 3.05) is 12.4 Å². The van der Waals surface area contributed by atoms with Crippen LogP contribution in [0.25, 0.3) is 10.8 Å². The number of aryl methyl sites for hydroxylation is 1. The van der Waals surface area contributed by atoms with Crippen LogP contribution in [0.3, 0.4) is 0 Å². The maximum Gasteiger partial charge on any atom is 0.342 e. The van der Waals surface area contributed by atoms with Gasteiger partial charge in [-0.2, -0.15) is 0 Å². The van der Waals surface area contributed by atoms with E-state index in [1.165, 1.54) is 7.11 Å². The lowest BCUT2D eigenvalue weighted by Crippen LogP contribution is -2.32. The zero-order valence-electron chi connectivity index (χ0n) is 15.3. The van der Waals surface area contributed by atoms with Gasteiger partial charge in [-0.3, -0.25) is 4.79 Å². The molecule has 0 bridgehead atoms. The average molecular weight is 368 g/mol. The molecule has 7 heteroatoms. The third kappa shape index (κ3) is 4.08. The molecular weight excluding hydrogens is 348 g/mol. The summed E-state index contributed by atoms with van der Waals surface area (Å²) >= 11 is 0.